The summed E-state index contributed by atoms with van der Waals surface area (Å²) in [4.78, 5) is 0. The van der Waals surface area contributed by atoms with Crippen molar-refractivity contribution >= 4 is 32.0 Å². The molecule has 0 bridgehead atoms. The molecule has 0 aliphatic rings. The zero-order chi connectivity index (χ0) is 15.3. The van der Waals surface area contributed by atoms with Gasteiger partial charge in [0.25, 0.3) is 0 Å². The van der Waals surface area contributed by atoms with E-state index >= 15 is 0 Å². The lowest BCUT2D eigenvalue weighted by Gasteiger charge is -2.13. The van der Waals surface area contributed by atoms with Gasteiger partial charge in [-0.25, -0.2) is 13.1 Å². The highest BCUT2D eigenvalue weighted by atomic mass is 79.9. The lowest BCUT2D eigenvalue weighted by molar-refractivity contribution is 0.576. The number of halogens is 1. The van der Waals surface area contributed by atoms with Crippen molar-refractivity contribution in [3.8, 4) is 0 Å². The number of sulfonamides is 1. The molecule has 3 nitrogen and oxygen atoms in total. The lowest BCUT2D eigenvalue weighted by Crippen LogP contribution is -2.24. The summed E-state index contributed by atoms with van der Waals surface area (Å²) in [6.45, 7) is 1.82. The maximum absolute atomic E-state index is 12.1. The van der Waals surface area contributed by atoms with Crippen LogP contribution in [0.15, 0.2) is 64.5 Å². The van der Waals surface area contributed by atoms with Crippen LogP contribution in [0.3, 0.4) is 0 Å². The van der Waals surface area contributed by atoms with Crippen molar-refractivity contribution in [1.82, 2.24) is 4.72 Å². The summed E-state index contributed by atoms with van der Waals surface area (Å²) >= 11 is 3.38. The average molecular weight is 366 g/mol. The van der Waals surface area contributed by atoms with E-state index in [1.165, 1.54) is 5.41 Å². The van der Waals surface area contributed by atoms with Crippen LogP contribution >= 0.6 is 15.9 Å². The van der Waals surface area contributed by atoms with Crippen molar-refractivity contribution < 1.29 is 8.42 Å². The van der Waals surface area contributed by atoms with Crippen LogP contribution in [-0.4, -0.2) is 8.42 Å². The van der Waals surface area contributed by atoms with Gasteiger partial charge in [0.1, 0.15) is 0 Å². The first-order valence-electron chi connectivity index (χ1n) is 6.47. The molecule has 0 heterocycles. The molecule has 2 rings (SSSR count). The first-order valence-corrected chi connectivity index (χ1v) is 8.81. The molecule has 1 atom stereocenters. The van der Waals surface area contributed by atoms with Crippen LogP contribution in [-0.2, 0) is 10.0 Å². The van der Waals surface area contributed by atoms with Crippen LogP contribution in [0.5, 0.6) is 0 Å². The second kappa shape index (κ2) is 7.02. The molecular weight excluding hydrogens is 350 g/mol. The van der Waals surface area contributed by atoms with E-state index in [9.17, 15) is 8.42 Å². The van der Waals surface area contributed by atoms with Gasteiger partial charge in [0.15, 0.2) is 0 Å². The van der Waals surface area contributed by atoms with Gasteiger partial charge in [0.05, 0.1) is 0 Å². The normalized spacial score (nSPS) is 13.4. The summed E-state index contributed by atoms with van der Waals surface area (Å²) in [5.74, 6) is 0. The van der Waals surface area contributed by atoms with E-state index in [1.54, 1.807) is 6.08 Å². The van der Waals surface area contributed by atoms with Crippen molar-refractivity contribution in [2.75, 3.05) is 0 Å². The van der Waals surface area contributed by atoms with Gasteiger partial charge in [-0.3, -0.25) is 0 Å². The molecule has 0 aliphatic heterocycles. The fourth-order valence-electron chi connectivity index (χ4n) is 1.86. The Hall–Kier alpha value is -1.43. The van der Waals surface area contributed by atoms with Gasteiger partial charge in [-0.05, 0) is 36.3 Å². The number of nitrogens with one attached hydrogen (secondary N) is 1. The SMILES string of the molecule is CC(NS(=O)(=O)/C=C/c1ccccc1)c1cccc(Br)c1. The molecule has 2 aromatic carbocycles. The molecule has 1 N–H and O–H groups in total. The van der Waals surface area contributed by atoms with Gasteiger partial charge >= 0.3 is 0 Å². The molecular formula is C16H16BrNO2S. The number of rotatable bonds is 5. The smallest absolute Gasteiger partial charge is 0.208 e. The van der Waals surface area contributed by atoms with E-state index in [-0.39, 0.29) is 6.04 Å². The highest BCUT2D eigenvalue weighted by Crippen LogP contribution is 2.18. The molecule has 0 aliphatic carbocycles. The summed E-state index contributed by atoms with van der Waals surface area (Å²) in [5.41, 5.74) is 1.75. The predicted molar refractivity (Wildman–Crippen MR) is 90.1 cm³/mol. The zero-order valence-corrected chi connectivity index (χ0v) is 13.9. The van der Waals surface area contributed by atoms with E-state index in [0.29, 0.717) is 0 Å². The van der Waals surface area contributed by atoms with Gasteiger partial charge in [-0.1, -0.05) is 58.4 Å². The Bertz CT molecular complexity index is 727. The van der Waals surface area contributed by atoms with Crippen LogP contribution in [0.1, 0.15) is 24.1 Å². The minimum absolute atomic E-state index is 0.298. The van der Waals surface area contributed by atoms with Crippen molar-refractivity contribution in [2.24, 2.45) is 0 Å². The van der Waals surface area contributed by atoms with E-state index in [4.69, 9.17) is 0 Å². The van der Waals surface area contributed by atoms with Crippen molar-refractivity contribution in [2.45, 2.75) is 13.0 Å². The fraction of sp³-hybridized carbons (Fsp3) is 0.125. The second-order valence-electron chi connectivity index (χ2n) is 4.65. The molecule has 0 aromatic heterocycles. The van der Waals surface area contributed by atoms with Crippen LogP contribution in [0.2, 0.25) is 0 Å². The maximum atomic E-state index is 12.1. The number of benzene rings is 2. The molecule has 2 aromatic rings. The molecule has 0 spiro atoms. The Balaban J connectivity index is 2.09. The van der Waals surface area contributed by atoms with E-state index < -0.39 is 10.0 Å². The third-order valence-corrected chi connectivity index (χ3v) is 4.60. The Morgan fingerprint density at radius 1 is 1.10 bits per heavy atom. The lowest BCUT2D eigenvalue weighted by atomic mass is 10.1. The van der Waals surface area contributed by atoms with Gasteiger partial charge < -0.3 is 0 Å². The van der Waals surface area contributed by atoms with Gasteiger partial charge in [-0.15, -0.1) is 0 Å². The molecule has 0 saturated heterocycles. The molecule has 0 saturated carbocycles. The van der Waals surface area contributed by atoms with E-state index in [1.807, 2.05) is 61.5 Å². The summed E-state index contributed by atoms with van der Waals surface area (Å²) in [5, 5.41) is 1.19. The Morgan fingerprint density at radius 2 is 1.81 bits per heavy atom. The van der Waals surface area contributed by atoms with Crippen molar-refractivity contribution in [3.63, 3.8) is 0 Å². The third-order valence-electron chi connectivity index (χ3n) is 2.93. The van der Waals surface area contributed by atoms with Crippen LogP contribution in [0.4, 0.5) is 0 Å². The van der Waals surface area contributed by atoms with Crippen molar-refractivity contribution in [3.05, 3.63) is 75.6 Å². The second-order valence-corrected chi connectivity index (χ2v) is 7.17. The summed E-state index contributed by atoms with van der Waals surface area (Å²) < 4.78 is 27.7. The Morgan fingerprint density at radius 3 is 2.48 bits per heavy atom. The zero-order valence-electron chi connectivity index (χ0n) is 11.5. The molecule has 0 radical (unpaired) electrons. The van der Waals surface area contributed by atoms with Crippen LogP contribution in [0, 0.1) is 0 Å². The molecule has 110 valence electrons. The number of hydrogen-bond donors (Lipinski definition) is 1. The Kier molecular flexibility index (Phi) is 5.33. The van der Waals surface area contributed by atoms with Gasteiger partial charge in [0, 0.05) is 15.9 Å². The summed E-state index contributed by atoms with van der Waals surface area (Å²) in [7, 11) is -3.49. The van der Waals surface area contributed by atoms with Gasteiger partial charge in [-0.2, -0.15) is 0 Å². The first kappa shape index (κ1) is 15.9. The quantitative estimate of drug-likeness (QED) is 0.866. The van der Waals surface area contributed by atoms with Crippen molar-refractivity contribution in [1.29, 1.82) is 0 Å². The molecule has 21 heavy (non-hydrogen) atoms. The molecule has 1 unspecified atom stereocenters. The predicted octanol–water partition coefficient (Wildman–Crippen LogP) is 4.10. The summed E-state index contributed by atoms with van der Waals surface area (Å²) in [6, 6.07) is 16.6. The Labute approximate surface area is 133 Å². The van der Waals surface area contributed by atoms with Crippen LogP contribution < -0.4 is 4.72 Å². The van der Waals surface area contributed by atoms with Gasteiger partial charge in [0.2, 0.25) is 10.0 Å². The highest BCUT2D eigenvalue weighted by molar-refractivity contribution is 9.10. The van der Waals surface area contributed by atoms with E-state index in [2.05, 4.69) is 20.7 Å². The maximum Gasteiger partial charge on any atom is 0.234 e. The third kappa shape index (κ3) is 5.12. The molecule has 5 heteroatoms. The minimum atomic E-state index is -3.49. The molecule has 0 amide bonds. The number of hydrogen-bond acceptors (Lipinski definition) is 2. The molecule has 0 fully saturated rings. The van der Waals surface area contributed by atoms with Crippen LogP contribution in [0.25, 0.3) is 6.08 Å². The highest BCUT2D eigenvalue weighted by Gasteiger charge is 2.13. The average Bonchev–Trinajstić information content (AvgIpc) is 2.46. The monoisotopic (exact) mass is 365 g/mol. The largest absolute Gasteiger partial charge is 0.234 e. The summed E-state index contributed by atoms with van der Waals surface area (Å²) in [6.07, 6.45) is 1.58. The standard InChI is InChI=1S/C16H16BrNO2S/c1-13(15-8-5-9-16(17)12-15)18-21(19,20)11-10-14-6-3-2-4-7-14/h2-13,18H,1H3/b11-10+. The van der Waals surface area contributed by atoms with E-state index in [0.717, 1.165) is 15.6 Å². The fourth-order valence-corrected chi connectivity index (χ4v) is 3.32. The first-order chi connectivity index (χ1) is 9.96. The topological polar surface area (TPSA) is 46.2 Å². The minimum Gasteiger partial charge on any atom is -0.208 e.